The van der Waals surface area contributed by atoms with Crippen molar-refractivity contribution in [2.24, 2.45) is 0 Å². The number of aryl methyl sites for hydroxylation is 1. The number of nitrogens with one attached hydrogen (secondary N) is 2. The maximum Gasteiger partial charge on any atom is 0.416 e. The first-order chi connectivity index (χ1) is 19.1. The molecule has 0 aliphatic carbocycles. The van der Waals surface area contributed by atoms with Gasteiger partial charge in [-0.2, -0.15) is 18.3 Å². The highest BCUT2D eigenvalue weighted by Gasteiger charge is 2.35. The summed E-state index contributed by atoms with van der Waals surface area (Å²) in [5.74, 6) is 5.60. The van der Waals surface area contributed by atoms with Crippen LogP contribution in [0.25, 0.3) is 11.0 Å². The number of fused-ring (bicyclic) bond motifs is 1. The van der Waals surface area contributed by atoms with Crippen LogP contribution in [-0.4, -0.2) is 64.1 Å². The first kappa shape index (κ1) is 27.4. The summed E-state index contributed by atoms with van der Waals surface area (Å²) in [6.45, 7) is 3.54. The van der Waals surface area contributed by atoms with E-state index in [1.54, 1.807) is 30.6 Å². The second kappa shape index (κ2) is 11.1. The summed E-state index contributed by atoms with van der Waals surface area (Å²) < 4.78 is 42.0. The Hall–Kier alpha value is -4.20. The van der Waals surface area contributed by atoms with E-state index in [0.717, 1.165) is 36.5 Å². The summed E-state index contributed by atoms with van der Waals surface area (Å²) in [7, 11) is 3.96. The Bertz CT molecular complexity index is 1620. The monoisotopic (exact) mass is 546 g/mol. The Morgan fingerprint density at radius 3 is 2.73 bits per heavy atom. The van der Waals surface area contributed by atoms with Crippen molar-refractivity contribution >= 4 is 22.6 Å². The Morgan fingerprint density at radius 1 is 1.15 bits per heavy atom. The number of anilines is 1. The van der Waals surface area contributed by atoms with Crippen molar-refractivity contribution in [1.29, 1.82) is 0 Å². The van der Waals surface area contributed by atoms with E-state index in [9.17, 15) is 18.0 Å². The van der Waals surface area contributed by atoms with Gasteiger partial charge in [-0.25, -0.2) is 4.98 Å². The number of aromatic amines is 1. The number of pyridine rings is 1. The fourth-order valence-electron chi connectivity index (χ4n) is 4.82. The lowest BCUT2D eigenvalue weighted by Gasteiger charge is -2.22. The van der Waals surface area contributed by atoms with Gasteiger partial charge in [-0.3, -0.25) is 14.8 Å². The third-order valence-electron chi connectivity index (χ3n) is 7.18. The van der Waals surface area contributed by atoms with Gasteiger partial charge < -0.3 is 10.2 Å². The predicted molar refractivity (Wildman–Crippen MR) is 148 cm³/mol. The predicted octanol–water partition coefficient (Wildman–Crippen LogP) is 5.07. The maximum atomic E-state index is 14.0. The van der Waals surface area contributed by atoms with Crippen LogP contribution in [0, 0.1) is 18.8 Å². The summed E-state index contributed by atoms with van der Waals surface area (Å²) >= 11 is 0. The van der Waals surface area contributed by atoms with Gasteiger partial charge >= 0.3 is 6.18 Å². The molecule has 1 saturated heterocycles. The Morgan fingerprint density at radius 2 is 1.98 bits per heavy atom. The molecule has 1 aliphatic rings. The quantitative estimate of drug-likeness (QED) is 0.342. The molecule has 0 unspecified atom stereocenters. The van der Waals surface area contributed by atoms with Crippen molar-refractivity contribution in [2.45, 2.75) is 32.1 Å². The molecule has 7 nitrogen and oxygen atoms in total. The molecule has 2 aromatic carbocycles. The lowest BCUT2D eigenvalue weighted by molar-refractivity contribution is -0.138. The minimum Gasteiger partial charge on any atom is -0.322 e. The summed E-state index contributed by atoms with van der Waals surface area (Å²) in [5, 5.41) is 10.2. The number of carbonyl (C=O) groups excluding carboxylic acids is 1. The molecule has 2 N–H and O–H groups in total. The minimum absolute atomic E-state index is 0.0846. The zero-order valence-electron chi connectivity index (χ0n) is 22.4. The maximum absolute atomic E-state index is 14.0. The SMILES string of the molecule is Cc1ccc(C(=O)Nc2ccc(CN3CC[C@@H](N(C)C)C3)c(C(F)(F)F)c2)cc1C#Cc1cnc2[nH]ncc2c1. The highest BCUT2D eigenvalue weighted by molar-refractivity contribution is 6.04. The smallest absolute Gasteiger partial charge is 0.322 e. The van der Waals surface area contributed by atoms with Gasteiger partial charge in [0.15, 0.2) is 5.65 Å². The van der Waals surface area contributed by atoms with Crippen molar-refractivity contribution in [2.75, 3.05) is 32.5 Å². The minimum atomic E-state index is -4.54. The average Bonchev–Trinajstić information content (AvgIpc) is 3.58. The average molecular weight is 547 g/mol. The summed E-state index contributed by atoms with van der Waals surface area (Å²) in [5.41, 5.74) is 2.68. The van der Waals surface area contributed by atoms with Gasteiger partial charge in [0.2, 0.25) is 0 Å². The van der Waals surface area contributed by atoms with Crippen LogP contribution in [-0.2, 0) is 12.7 Å². The topological polar surface area (TPSA) is 77.2 Å². The molecule has 1 atom stereocenters. The molecule has 10 heteroatoms. The van der Waals surface area contributed by atoms with E-state index in [0.29, 0.717) is 28.4 Å². The summed E-state index contributed by atoms with van der Waals surface area (Å²) in [4.78, 5) is 21.4. The summed E-state index contributed by atoms with van der Waals surface area (Å²) in [6, 6.07) is 11.2. The van der Waals surface area contributed by atoms with E-state index in [4.69, 9.17) is 0 Å². The number of likely N-dealkylation sites (N-methyl/N-ethyl adjacent to an activating group) is 1. The normalized spacial score (nSPS) is 15.8. The van der Waals surface area contributed by atoms with Crippen molar-refractivity contribution in [1.82, 2.24) is 25.0 Å². The molecule has 1 amide bonds. The molecule has 0 saturated carbocycles. The first-order valence-corrected chi connectivity index (χ1v) is 12.9. The van der Waals surface area contributed by atoms with Gasteiger partial charge in [-0.1, -0.05) is 24.0 Å². The van der Waals surface area contributed by atoms with Crippen molar-refractivity contribution in [3.05, 3.63) is 88.2 Å². The fraction of sp³-hybridized carbons (Fsp3) is 0.300. The number of H-pyrrole nitrogens is 1. The molecule has 40 heavy (non-hydrogen) atoms. The molecule has 1 fully saturated rings. The number of nitrogens with zero attached hydrogens (tertiary/aromatic N) is 4. The van der Waals surface area contributed by atoms with E-state index in [-0.39, 0.29) is 17.8 Å². The van der Waals surface area contributed by atoms with Crippen LogP contribution in [0.15, 0.2) is 54.9 Å². The second-order valence-electron chi connectivity index (χ2n) is 10.3. The lowest BCUT2D eigenvalue weighted by Crippen LogP contribution is -2.31. The van der Waals surface area contributed by atoms with Crippen LogP contribution >= 0.6 is 0 Å². The number of amides is 1. The lowest BCUT2D eigenvalue weighted by atomic mass is 10.0. The zero-order valence-corrected chi connectivity index (χ0v) is 22.4. The molecular weight excluding hydrogens is 517 g/mol. The van der Waals surface area contributed by atoms with Crippen molar-refractivity contribution < 1.29 is 18.0 Å². The molecule has 206 valence electrons. The van der Waals surface area contributed by atoms with Gasteiger partial charge in [0, 0.05) is 59.6 Å². The van der Waals surface area contributed by atoms with Crippen LogP contribution in [0.1, 0.15) is 44.6 Å². The van der Waals surface area contributed by atoms with Gasteiger partial charge in [-0.05, 0) is 68.9 Å². The number of likely N-dealkylation sites (tertiary alicyclic amines) is 1. The number of rotatable bonds is 5. The molecule has 0 spiro atoms. The van der Waals surface area contributed by atoms with Crippen LogP contribution in [0.4, 0.5) is 18.9 Å². The number of hydrogen-bond donors (Lipinski definition) is 2. The zero-order chi connectivity index (χ0) is 28.4. The largest absolute Gasteiger partial charge is 0.416 e. The summed E-state index contributed by atoms with van der Waals surface area (Å²) in [6.07, 6.45) is -0.335. The van der Waals surface area contributed by atoms with E-state index in [1.165, 1.54) is 12.1 Å². The van der Waals surface area contributed by atoms with E-state index in [1.807, 2.05) is 32.0 Å². The molecule has 5 rings (SSSR count). The van der Waals surface area contributed by atoms with Crippen LogP contribution in [0.3, 0.4) is 0 Å². The van der Waals surface area contributed by atoms with Crippen molar-refractivity contribution in [3.63, 3.8) is 0 Å². The van der Waals surface area contributed by atoms with Gasteiger partial charge in [0.1, 0.15) is 0 Å². The van der Waals surface area contributed by atoms with Crippen LogP contribution < -0.4 is 5.32 Å². The molecule has 4 aromatic rings. The van der Waals surface area contributed by atoms with Gasteiger partial charge in [-0.15, -0.1) is 0 Å². The molecule has 0 bridgehead atoms. The number of hydrogen-bond acceptors (Lipinski definition) is 5. The highest BCUT2D eigenvalue weighted by Crippen LogP contribution is 2.35. The standard InChI is InChI=1S/C30H29F3N6O/c1-19-4-6-22(13-21(19)7-5-20-12-24-16-35-37-28(24)34-15-20)29(40)36-25-9-8-23(27(14-25)30(31,32)33)17-39-11-10-26(18-39)38(2)3/h4,6,8-9,12-16,26H,10-11,17-18H2,1-3H3,(H,36,40)(H,34,35,37)/t26-/m1/s1. The molecule has 2 aromatic heterocycles. The second-order valence-corrected chi connectivity index (χ2v) is 10.3. The number of benzene rings is 2. The molecule has 0 radical (unpaired) electrons. The van der Waals surface area contributed by atoms with Crippen molar-refractivity contribution in [3.8, 4) is 11.8 Å². The van der Waals surface area contributed by atoms with Gasteiger partial charge in [0.05, 0.1) is 11.8 Å². The molecule has 1 aliphatic heterocycles. The van der Waals surface area contributed by atoms with Gasteiger partial charge in [0.25, 0.3) is 5.91 Å². The number of alkyl halides is 3. The molecule has 3 heterocycles. The number of carbonyl (C=O) groups is 1. The Balaban J connectivity index is 1.33. The number of aromatic nitrogens is 3. The first-order valence-electron chi connectivity index (χ1n) is 12.9. The third kappa shape index (κ3) is 6.17. The Kier molecular flexibility index (Phi) is 7.61. The van der Waals surface area contributed by atoms with Crippen LogP contribution in [0.5, 0.6) is 0 Å². The van der Waals surface area contributed by atoms with E-state index >= 15 is 0 Å². The Labute approximate surface area is 230 Å². The third-order valence-corrected chi connectivity index (χ3v) is 7.18. The van der Waals surface area contributed by atoms with E-state index in [2.05, 4.69) is 37.2 Å². The van der Waals surface area contributed by atoms with E-state index < -0.39 is 17.6 Å². The van der Waals surface area contributed by atoms with Crippen LogP contribution in [0.2, 0.25) is 0 Å². The molecular formula is C30H29F3N6O. The highest BCUT2D eigenvalue weighted by atomic mass is 19.4. The fourth-order valence-corrected chi connectivity index (χ4v) is 4.82. The number of halogens is 3.